The fraction of sp³-hybridized carbons (Fsp3) is 0.286. The lowest BCUT2D eigenvalue weighted by Gasteiger charge is -2.19. The molecule has 0 heterocycles. The predicted octanol–water partition coefficient (Wildman–Crippen LogP) is 4.09. The number of amides is 1. The number of nitrogens with zero attached hydrogens (tertiary/aromatic N) is 1. The van der Waals surface area contributed by atoms with Crippen molar-refractivity contribution in [2.24, 2.45) is 0 Å². The van der Waals surface area contributed by atoms with Gasteiger partial charge in [-0.1, -0.05) is 48.5 Å². The Labute approximate surface area is 219 Å². The molecule has 3 aromatic carbocycles. The lowest BCUT2D eigenvalue weighted by atomic mass is 9.98. The Bertz CT molecular complexity index is 1300. The summed E-state index contributed by atoms with van der Waals surface area (Å²) < 4.78 is 10.3. The third kappa shape index (κ3) is 5.66. The number of rotatable bonds is 10. The third-order valence-corrected chi connectivity index (χ3v) is 6.47. The van der Waals surface area contributed by atoms with E-state index in [1.165, 1.54) is 12.1 Å². The summed E-state index contributed by atoms with van der Waals surface area (Å²) in [4.78, 5) is 35.0. The van der Waals surface area contributed by atoms with Crippen LogP contribution in [-0.4, -0.2) is 53.1 Å². The SMILES string of the molecule is CCOC(=O)c1ccc(C(O)C(O)CCNC(=O)OCC2c3ccccc3-c3ccccc32)c([N+](=O)[O-])c1. The maximum absolute atomic E-state index is 12.3. The van der Waals surface area contributed by atoms with E-state index in [0.29, 0.717) is 0 Å². The van der Waals surface area contributed by atoms with Crippen molar-refractivity contribution in [2.45, 2.75) is 31.5 Å². The van der Waals surface area contributed by atoms with Crippen molar-refractivity contribution in [1.82, 2.24) is 5.32 Å². The zero-order chi connectivity index (χ0) is 27.2. The zero-order valence-electron chi connectivity index (χ0n) is 20.7. The van der Waals surface area contributed by atoms with E-state index < -0.39 is 34.9 Å². The Balaban J connectivity index is 1.31. The van der Waals surface area contributed by atoms with E-state index in [0.717, 1.165) is 28.3 Å². The molecule has 2 atom stereocenters. The predicted molar refractivity (Wildman–Crippen MR) is 138 cm³/mol. The van der Waals surface area contributed by atoms with Crippen LogP contribution in [0.4, 0.5) is 10.5 Å². The first-order valence-electron chi connectivity index (χ1n) is 12.2. The van der Waals surface area contributed by atoms with Crippen LogP contribution in [0.25, 0.3) is 11.1 Å². The van der Waals surface area contributed by atoms with E-state index in [4.69, 9.17) is 9.47 Å². The number of fused-ring (bicyclic) bond motifs is 3. The summed E-state index contributed by atoms with van der Waals surface area (Å²) in [6.07, 6.45) is -3.81. The summed E-state index contributed by atoms with van der Waals surface area (Å²) in [5.74, 6) is -0.830. The molecule has 0 aromatic heterocycles. The Kier molecular flexibility index (Phi) is 8.35. The maximum Gasteiger partial charge on any atom is 0.407 e. The summed E-state index contributed by atoms with van der Waals surface area (Å²) in [6.45, 7) is 1.80. The molecule has 198 valence electrons. The van der Waals surface area contributed by atoms with E-state index in [1.54, 1.807) is 6.92 Å². The fourth-order valence-electron chi connectivity index (χ4n) is 4.63. The van der Waals surface area contributed by atoms with Gasteiger partial charge in [0.2, 0.25) is 0 Å². The molecule has 0 radical (unpaired) electrons. The van der Waals surface area contributed by atoms with Crippen LogP contribution in [0.3, 0.4) is 0 Å². The summed E-state index contributed by atoms with van der Waals surface area (Å²) in [5, 5.41) is 35.0. The average molecular weight is 521 g/mol. The molecule has 10 nitrogen and oxygen atoms in total. The second kappa shape index (κ2) is 11.8. The molecule has 0 spiro atoms. The number of nitrogens with one attached hydrogen (secondary N) is 1. The molecule has 1 aliphatic rings. The summed E-state index contributed by atoms with van der Waals surface area (Å²) >= 11 is 0. The molecule has 38 heavy (non-hydrogen) atoms. The smallest absolute Gasteiger partial charge is 0.407 e. The minimum Gasteiger partial charge on any atom is -0.462 e. The molecule has 1 amide bonds. The van der Waals surface area contributed by atoms with Crippen LogP contribution in [0.5, 0.6) is 0 Å². The van der Waals surface area contributed by atoms with Gasteiger partial charge >= 0.3 is 12.1 Å². The lowest BCUT2D eigenvalue weighted by molar-refractivity contribution is -0.386. The Morgan fingerprint density at radius 1 is 1.00 bits per heavy atom. The van der Waals surface area contributed by atoms with Crippen LogP contribution in [0.2, 0.25) is 0 Å². The van der Waals surface area contributed by atoms with Crippen LogP contribution in [-0.2, 0) is 9.47 Å². The average Bonchev–Trinajstić information content (AvgIpc) is 3.24. The van der Waals surface area contributed by atoms with E-state index >= 15 is 0 Å². The van der Waals surface area contributed by atoms with Crippen LogP contribution in [0, 0.1) is 10.1 Å². The molecule has 1 aliphatic carbocycles. The Morgan fingerprint density at radius 2 is 1.63 bits per heavy atom. The number of esters is 1. The molecule has 10 heteroatoms. The Morgan fingerprint density at radius 3 is 2.24 bits per heavy atom. The van der Waals surface area contributed by atoms with Gasteiger partial charge in [-0.3, -0.25) is 10.1 Å². The molecule has 3 N–H and O–H groups in total. The quantitative estimate of drug-likeness (QED) is 0.206. The standard InChI is InChI=1S/C28H28N2O8/c1-2-37-27(33)17-11-12-22(24(15-17)30(35)36)26(32)25(31)13-14-29-28(34)38-16-23-20-9-5-3-7-18(20)19-8-4-6-10-21(19)23/h3-12,15,23,25-26,31-32H,2,13-14,16H2,1H3,(H,29,34). The number of benzene rings is 3. The topological polar surface area (TPSA) is 148 Å². The first-order valence-corrected chi connectivity index (χ1v) is 12.2. The summed E-state index contributed by atoms with van der Waals surface area (Å²) in [5.41, 5.74) is 3.66. The zero-order valence-corrected chi connectivity index (χ0v) is 20.7. The van der Waals surface area contributed by atoms with Gasteiger partial charge in [0.15, 0.2) is 0 Å². The second-order valence-electron chi connectivity index (χ2n) is 8.80. The van der Waals surface area contributed by atoms with Crippen molar-refractivity contribution in [3.8, 4) is 11.1 Å². The van der Waals surface area contributed by atoms with Gasteiger partial charge < -0.3 is 25.0 Å². The van der Waals surface area contributed by atoms with E-state index in [1.807, 2.05) is 48.5 Å². The van der Waals surface area contributed by atoms with Gasteiger partial charge in [0.25, 0.3) is 5.69 Å². The second-order valence-corrected chi connectivity index (χ2v) is 8.80. The van der Waals surface area contributed by atoms with Gasteiger partial charge in [-0.15, -0.1) is 0 Å². The number of carbonyl (C=O) groups is 2. The monoisotopic (exact) mass is 520 g/mol. The fourth-order valence-corrected chi connectivity index (χ4v) is 4.63. The van der Waals surface area contributed by atoms with Gasteiger partial charge in [-0.05, 0) is 47.7 Å². The number of carbonyl (C=O) groups excluding carboxylic acids is 2. The molecule has 0 fully saturated rings. The summed E-state index contributed by atoms with van der Waals surface area (Å²) in [6, 6.07) is 19.4. The van der Waals surface area contributed by atoms with Crippen molar-refractivity contribution in [2.75, 3.05) is 19.8 Å². The van der Waals surface area contributed by atoms with E-state index in [-0.39, 0.29) is 43.2 Å². The number of alkyl carbamates (subject to hydrolysis) is 1. The van der Waals surface area contributed by atoms with Gasteiger partial charge in [0, 0.05) is 18.5 Å². The minimum atomic E-state index is -1.61. The molecule has 0 saturated carbocycles. The number of aliphatic hydroxyl groups is 2. The number of hydrogen-bond acceptors (Lipinski definition) is 8. The first kappa shape index (κ1) is 26.8. The molecule has 3 aromatic rings. The molecule has 2 unspecified atom stereocenters. The van der Waals surface area contributed by atoms with Gasteiger partial charge in [0.05, 0.1) is 28.8 Å². The molecular weight excluding hydrogens is 492 g/mol. The number of nitro benzene ring substituents is 1. The van der Waals surface area contributed by atoms with Crippen molar-refractivity contribution in [3.63, 3.8) is 0 Å². The highest BCUT2D eigenvalue weighted by atomic mass is 16.6. The van der Waals surface area contributed by atoms with Crippen molar-refractivity contribution < 1.29 is 34.2 Å². The number of aliphatic hydroxyl groups excluding tert-OH is 2. The molecule has 0 aliphatic heterocycles. The van der Waals surface area contributed by atoms with Crippen LogP contribution < -0.4 is 5.32 Å². The van der Waals surface area contributed by atoms with Crippen LogP contribution in [0.1, 0.15) is 52.4 Å². The van der Waals surface area contributed by atoms with Gasteiger partial charge in [-0.25, -0.2) is 9.59 Å². The van der Waals surface area contributed by atoms with Crippen LogP contribution in [0.15, 0.2) is 66.7 Å². The minimum absolute atomic E-state index is 0.0381. The highest BCUT2D eigenvalue weighted by molar-refractivity contribution is 5.90. The van der Waals surface area contributed by atoms with Crippen molar-refractivity contribution >= 4 is 17.7 Å². The third-order valence-electron chi connectivity index (χ3n) is 6.47. The lowest BCUT2D eigenvalue weighted by Crippen LogP contribution is -2.30. The first-order chi connectivity index (χ1) is 18.3. The van der Waals surface area contributed by atoms with Crippen molar-refractivity contribution in [1.29, 1.82) is 0 Å². The largest absolute Gasteiger partial charge is 0.462 e. The normalized spacial score (nSPS) is 13.7. The maximum atomic E-state index is 12.3. The number of ether oxygens (including phenoxy) is 2. The van der Waals surface area contributed by atoms with Gasteiger partial charge in [-0.2, -0.15) is 0 Å². The molecule has 0 bridgehead atoms. The number of hydrogen-bond donors (Lipinski definition) is 3. The van der Waals surface area contributed by atoms with Gasteiger partial charge in [0.1, 0.15) is 12.7 Å². The molecule has 4 rings (SSSR count). The van der Waals surface area contributed by atoms with Crippen LogP contribution >= 0.6 is 0 Å². The number of nitro groups is 1. The Hall–Kier alpha value is -4.28. The molecule has 0 saturated heterocycles. The highest BCUT2D eigenvalue weighted by Gasteiger charge is 2.30. The summed E-state index contributed by atoms with van der Waals surface area (Å²) in [7, 11) is 0. The van der Waals surface area contributed by atoms with Crippen molar-refractivity contribution in [3.05, 3.63) is 99.1 Å². The highest BCUT2D eigenvalue weighted by Crippen LogP contribution is 2.44. The molecular formula is C28H28N2O8. The van der Waals surface area contributed by atoms with E-state index in [2.05, 4.69) is 5.32 Å². The van der Waals surface area contributed by atoms with E-state index in [9.17, 15) is 29.9 Å².